The molecule has 0 bridgehead atoms. The molecule has 0 aromatic heterocycles. The van der Waals surface area contributed by atoms with Gasteiger partial charge in [0, 0.05) is 84.0 Å². The van der Waals surface area contributed by atoms with E-state index in [1.165, 1.54) is 21.9 Å². The molecule has 350 valence electrons. The van der Waals surface area contributed by atoms with E-state index in [-0.39, 0.29) is 42.4 Å². The Hall–Kier alpha value is -5.18. The van der Waals surface area contributed by atoms with Crippen LogP contribution >= 0.6 is 0 Å². The smallest absolute Gasteiger partial charge is 0.748 e. The Labute approximate surface area is 429 Å². The summed E-state index contributed by atoms with van der Waals surface area (Å²) < 4.78 is 74.4. The van der Waals surface area contributed by atoms with E-state index in [0.717, 1.165) is 69.2 Å². The van der Waals surface area contributed by atoms with Crippen molar-refractivity contribution in [2.75, 3.05) is 34.5 Å². The van der Waals surface area contributed by atoms with Gasteiger partial charge in [-0.1, -0.05) is 110 Å². The minimum atomic E-state index is -4.33. The van der Waals surface area contributed by atoms with Crippen LogP contribution in [0.3, 0.4) is 0 Å². The summed E-state index contributed by atoms with van der Waals surface area (Å²) in [5.41, 5.74) is 10.1. The molecule has 6 aromatic rings. The summed E-state index contributed by atoms with van der Waals surface area (Å²) in [5, 5.41) is 6.92. The van der Waals surface area contributed by atoms with Crippen molar-refractivity contribution < 1.29 is 64.8 Å². The maximum Gasteiger partial charge on any atom is 1.00 e. The maximum absolute atomic E-state index is 11.6. The molecule has 0 unspecified atom stereocenters. The topological polar surface area (TPSA) is 127 Å². The average molecular weight is 970 g/mol. The number of hydrazone groups is 1. The van der Waals surface area contributed by atoms with E-state index in [2.05, 4.69) is 192 Å². The van der Waals surface area contributed by atoms with E-state index in [0.29, 0.717) is 25.9 Å². The Balaban J connectivity index is 0.00000642. The molecule has 0 N–H and O–H groups in total. The van der Waals surface area contributed by atoms with Gasteiger partial charge in [0.2, 0.25) is 17.1 Å². The standard InChI is InChI=1S/C56H58N4O6S2.Na/c1-55(2)51(57(37-15-17-39-67(61,62)63)49-33-27-41-19-11-13-25-47(41)53(49)55)35-31-45-29-30-46(60(45)59(43-21-7-5-8-22-43)44-23-9-6-10-24-44)32-36-52-56(3,4)54-48-26-14-12-20-42(48)28-34-50(54)58(52)38-16-18-40-68(64,65)66;/h5-14,19-28,31-36H,15-18,29-30,37-40H2,1-4H3;/q;+1. The molecule has 3 aliphatic heterocycles. The molecule has 0 saturated carbocycles. The molecular formula is C56H58N4NaO6S2+. The van der Waals surface area contributed by atoms with Crippen LogP contribution in [0.2, 0.25) is 0 Å². The fourth-order valence-corrected chi connectivity index (χ4v) is 11.9. The summed E-state index contributed by atoms with van der Waals surface area (Å²) >= 11 is 0. The molecule has 9 rings (SSSR count). The van der Waals surface area contributed by atoms with Gasteiger partial charge in [0.05, 0.1) is 25.7 Å². The monoisotopic (exact) mass is 969 g/mol. The van der Waals surface area contributed by atoms with Gasteiger partial charge in [-0.15, -0.1) is 5.01 Å². The van der Waals surface area contributed by atoms with Gasteiger partial charge < -0.3 is 14.0 Å². The Bertz CT molecular complexity index is 3270. The van der Waals surface area contributed by atoms with Crippen LogP contribution in [0.25, 0.3) is 21.5 Å². The number of para-hydroxylation sites is 2. The second-order valence-electron chi connectivity index (χ2n) is 19.1. The first-order valence-corrected chi connectivity index (χ1v) is 26.7. The summed E-state index contributed by atoms with van der Waals surface area (Å²) in [6.07, 6.45) is 12.1. The second-order valence-corrected chi connectivity index (χ2v) is 22.1. The number of nitrogens with zero attached hydrogens (tertiary/aromatic N) is 4. The van der Waals surface area contributed by atoms with E-state index in [4.69, 9.17) is 0 Å². The SMILES string of the molecule is CC1(C)C(/C=C/C2=[N+](N(c3ccccc3)c3ccccc3)C(=C\C=C3\N(CCCCS(=O)(=O)[O-])c4ccc5ccccc5c4C3(C)C)/CC2)=[N+](CCCCS(=O)(=O)[O-])c2ccc3ccccc3c21.[Na+]. The molecule has 0 aliphatic carbocycles. The van der Waals surface area contributed by atoms with Crippen LogP contribution in [0.5, 0.6) is 0 Å². The van der Waals surface area contributed by atoms with Crippen molar-refractivity contribution in [3.05, 3.63) is 180 Å². The quantitative estimate of drug-likeness (QED) is 0.0412. The number of benzene rings is 6. The second kappa shape index (κ2) is 20.3. The predicted molar refractivity (Wildman–Crippen MR) is 274 cm³/mol. The number of hydrogen-bond acceptors (Lipinski definition) is 8. The van der Waals surface area contributed by atoms with E-state index in [9.17, 15) is 25.9 Å². The van der Waals surface area contributed by atoms with Crippen LogP contribution in [-0.2, 0) is 31.1 Å². The molecule has 69 heavy (non-hydrogen) atoms. The Morgan fingerprint density at radius 2 is 1.16 bits per heavy atom. The minimum Gasteiger partial charge on any atom is -0.748 e. The molecule has 10 nitrogen and oxygen atoms in total. The summed E-state index contributed by atoms with van der Waals surface area (Å²) in [6.45, 7) is 10.1. The van der Waals surface area contributed by atoms with Gasteiger partial charge in [-0.05, 0) is 103 Å². The fraction of sp³-hybridized carbons (Fsp3) is 0.286. The summed E-state index contributed by atoms with van der Waals surface area (Å²) in [7, 11) is -8.66. The zero-order valence-corrected chi connectivity index (χ0v) is 43.8. The van der Waals surface area contributed by atoms with Crippen LogP contribution in [0.4, 0.5) is 22.7 Å². The van der Waals surface area contributed by atoms with Gasteiger partial charge in [0.1, 0.15) is 17.9 Å². The molecule has 6 aromatic carbocycles. The van der Waals surface area contributed by atoms with Gasteiger partial charge in [-0.3, -0.25) is 0 Å². The van der Waals surface area contributed by atoms with Crippen molar-refractivity contribution in [3.8, 4) is 0 Å². The summed E-state index contributed by atoms with van der Waals surface area (Å²) in [4.78, 5) is 2.31. The third-order valence-electron chi connectivity index (χ3n) is 13.8. The van der Waals surface area contributed by atoms with Crippen LogP contribution in [0.15, 0.2) is 169 Å². The predicted octanol–water partition coefficient (Wildman–Crippen LogP) is 8.15. The van der Waals surface area contributed by atoms with Crippen LogP contribution in [0, 0.1) is 0 Å². The molecule has 3 aliphatic rings. The van der Waals surface area contributed by atoms with Crippen molar-refractivity contribution in [1.29, 1.82) is 0 Å². The van der Waals surface area contributed by atoms with Crippen molar-refractivity contribution in [1.82, 2.24) is 0 Å². The zero-order valence-electron chi connectivity index (χ0n) is 40.1. The molecule has 0 amide bonds. The van der Waals surface area contributed by atoms with Crippen molar-refractivity contribution in [2.24, 2.45) is 0 Å². The molecule has 13 heteroatoms. The number of anilines is 3. The summed E-state index contributed by atoms with van der Waals surface area (Å²) in [5.74, 6) is -0.785. The number of allylic oxidation sites excluding steroid dienone is 6. The fourth-order valence-electron chi connectivity index (χ4n) is 10.7. The van der Waals surface area contributed by atoms with Crippen molar-refractivity contribution in [3.63, 3.8) is 0 Å². The third-order valence-corrected chi connectivity index (χ3v) is 15.4. The Kier molecular flexibility index (Phi) is 14.8. The molecule has 0 spiro atoms. The molecule has 0 fully saturated rings. The van der Waals surface area contributed by atoms with Gasteiger partial charge in [0.15, 0.2) is 5.71 Å². The van der Waals surface area contributed by atoms with Crippen LogP contribution < -0.4 is 39.5 Å². The van der Waals surface area contributed by atoms with Gasteiger partial charge in [0.25, 0.3) is 0 Å². The number of fused-ring (bicyclic) bond motifs is 6. The largest absolute Gasteiger partial charge is 1.00 e. The molecular weight excluding hydrogens is 912 g/mol. The molecule has 0 saturated heterocycles. The number of unbranched alkanes of at least 4 members (excludes halogenated alkanes) is 2. The number of hydrogen-bond donors (Lipinski definition) is 0. The van der Waals surface area contributed by atoms with Crippen molar-refractivity contribution in [2.45, 2.75) is 77.0 Å². The first-order valence-electron chi connectivity index (χ1n) is 23.5. The van der Waals surface area contributed by atoms with Crippen molar-refractivity contribution >= 4 is 76.0 Å². The first-order chi connectivity index (χ1) is 32.5. The van der Waals surface area contributed by atoms with E-state index in [1.54, 1.807) is 0 Å². The molecule has 0 radical (unpaired) electrons. The molecule has 0 atom stereocenters. The van der Waals surface area contributed by atoms with E-state index < -0.39 is 42.6 Å². The van der Waals surface area contributed by atoms with Crippen LogP contribution in [-0.4, -0.2) is 71.2 Å². The average Bonchev–Trinajstić information content (AvgIpc) is 3.88. The first kappa shape index (κ1) is 50.2. The van der Waals surface area contributed by atoms with Crippen LogP contribution in [0.1, 0.15) is 77.3 Å². The Morgan fingerprint density at radius 1 is 0.609 bits per heavy atom. The normalized spacial score (nSPS) is 17.7. The maximum atomic E-state index is 11.6. The van der Waals surface area contributed by atoms with E-state index in [1.807, 2.05) is 12.1 Å². The molecule has 3 heterocycles. The third kappa shape index (κ3) is 10.4. The van der Waals surface area contributed by atoms with Gasteiger partial charge in [-0.25, -0.2) is 16.8 Å². The Morgan fingerprint density at radius 3 is 1.77 bits per heavy atom. The van der Waals surface area contributed by atoms with Gasteiger partial charge in [-0.2, -0.15) is 4.58 Å². The summed E-state index contributed by atoms with van der Waals surface area (Å²) in [6, 6.07) is 46.2. The number of hydrazine groups is 1. The zero-order chi connectivity index (χ0) is 47.8. The minimum absolute atomic E-state index is 0. The van der Waals surface area contributed by atoms with E-state index >= 15 is 0 Å². The van der Waals surface area contributed by atoms with Gasteiger partial charge >= 0.3 is 29.6 Å². The number of rotatable bonds is 16.